The molecule has 0 fully saturated rings. The first-order valence-corrected chi connectivity index (χ1v) is 6.47. The van der Waals surface area contributed by atoms with Crippen molar-refractivity contribution in [2.75, 3.05) is 0 Å². The van der Waals surface area contributed by atoms with Crippen molar-refractivity contribution in [3.63, 3.8) is 0 Å². The van der Waals surface area contributed by atoms with Gasteiger partial charge in [-0.05, 0) is 24.8 Å². The number of aromatic nitrogens is 4. The Morgan fingerprint density at radius 2 is 2.29 bits per heavy atom. The van der Waals surface area contributed by atoms with E-state index in [1.807, 2.05) is 0 Å². The van der Waals surface area contributed by atoms with Gasteiger partial charge in [-0.15, -0.1) is 5.10 Å². The van der Waals surface area contributed by atoms with Crippen molar-refractivity contribution >= 4 is 23.4 Å². The number of aromatic amines is 1. The Morgan fingerprint density at radius 1 is 1.57 bits per heavy atom. The summed E-state index contributed by atoms with van der Waals surface area (Å²) < 4.78 is 1.25. The van der Waals surface area contributed by atoms with Crippen molar-refractivity contribution in [1.29, 1.82) is 0 Å². The molecule has 0 radical (unpaired) electrons. The van der Waals surface area contributed by atoms with Crippen molar-refractivity contribution in [2.45, 2.75) is 23.7 Å². The summed E-state index contributed by atoms with van der Waals surface area (Å²) in [5, 5.41) is 25.8. The summed E-state index contributed by atoms with van der Waals surface area (Å²) in [6, 6.07) is 2.10. The Bertz CT molecular complexity index is 767. The fraction of sp³-hybridized carbons (Fsp3) is 0.200. The van der Waals surface area contributed by atoms with Gasteiger partial charge >= 0.3 is 17.3 Å². The van der Waals surface area contributed by atoms with Gasteiger partial charge in [-0.1, -0.05) is 0 Å². The Labute approximate surface area is 121 Å². The lowest BCUT2D eigenvalue weighted by molar-refractivity contribution is -0.388. The number of pyridine rings is 1. The van der Waals surface area contributed by atoms with Crippen LogP contribution in [0.1, 0.15) is 17.4 Å². The molecule has 0 aliphatic carbocycles. The molecule has 2 aromatic heterocycles. The van der Waals surface area contributed by atoms with Gasteiger partial charge in [-0.25, -0.2) is 19.7 Å². The van der Waals surface area contributed by atoms with Crippen LogP contribution in [0.2, 0.25) is 0 Å². The number of hydrogen-bond donors (Lipinski definition) is 2. The monoisotopic (exact) mass is 311 g/mol. The molecule has 0 aromatic carbocycles. The number of nitro groups is 1. The van der Waals surface area contributed by atoms with E-state index in [1.54, 1.807) is 6.92 Å². The highest BCUT2D eigenvalue weighted by molar-refractivity contribution is 7.99. The Balaban J connectivity index is 2.50. The second-order valence-electron chi connectivity index (χ2n) is 3.74. The number of nitrogens with one attached hydrogen (secondary N) is 1. The third kappa shape index (κ3) is 2.91. The minimum atomic E-state index is -1.30. The molecule has 0 saturated carbocycles. The van der Waals surface area contributed by atoms with Gasteiger partial charge in [0.15, 0.2) is 10.2 Å². The maximum Gasteiger partial charge on any atom is 0.354 e. The van der Waals surface area contributed by atoms with Crippen LogP contribution in [0.5, 0.6) is 0 Å². The van der Waals surface area contributed by atoms with E-state index in [-0.39, 0.29) is 21.6 Å². The SMILES string of the molecule is CCn1c(Sc2nc(C(=O)O)ccc2[N+](=O)[O-])n[nH]c1=O. The van der Waals surface area contributed by atoms with Gasteiger partial charge in [0.05, 0.1) is 4.92 Å². The summed E-state index contributed by atoms with van der Waals surface area (Å²) in [6.07, 6.45) is 0. The highest BCUT2D eigenvalue weighted by Gasteiger charge is 2.21. The van der Waals surface area contributed by atoms with Crippen LogP contribution in [0.25, 0.3) is 0 Å². The smallest absolute Gasteiger partial charge is 0.354 e. The zero-order valence-electron chi connectivity index (χ0n) is 10.6. The molecule has 2 rings (SSSR count). The molecule has 0 aliphatic heterocycles. The standard InChI is InChI=1S/C10H9N5O5S/c1-2-14-9(18)12-13-10(14)21-7-6(15(19)20)4-3-5(11-7)8(16)17/h3-4H,2H2,1H3,(H,12,18)(H,16,17). The van der Waals surface area contributed by atoms with Crippen LogP contribution in [-0.2, 0) is 6.54 Å². The van der Waals surface area contributed by atoms with Crippen LogP contribution >= 0.6 is 11.8 Å². The largest absolute Gasteiger partial charge is 0.477 e. The molecule has 0 amide bonds. The lowest BCUT2D eigenvalue weighted by Gasteiger charge is -2.03. The molecule has 0 unspecified atom stereocenters. The third-order valence-electron chi connectivity index (χ3n) is 2.48. The average molecular weight is 311 g/mol. The summed E-state index contributed by atoms with van der Waals surface area (Å²) >= 11 is 0.751. The summed E-state index contributed by atoms with van der Waals surface area (Å²) in [6.45, 7) is 2.01. The zero-order valence-corrected chi connectivity index (χ0v) is 11.5. The number of nitrogens with zero attached hydrogens (tertiary/aromatic N) is 4. The molecule has 2 aromatic rings. The zero-order chi connectivity index (χ0) is 15.6. The summed E-state index contributed by atoms with van der Waals surface area (Å²) in [4.78, 5) is 36.3. The van der Waals surface area contributed by atoms with Crippen LogP contribution in [0.15, 0.2) is 27.1 Å². The minimum absolute atomic E-state index is 0.145. The van der Waals surface area contributed by atoms with E-state index < -0.39 is 16.6 Å². The lowest BCUT2D eigenvalue weighted by atomic mass is 10.3. The lowest BCUT2D eigenvalue weighted by Crippen LogP contribution is -2.16. The first-order chi connectivity index (χ1) is 9.93. The predicted octanol–water partition coefficient (Wildman–Crippen LogP) is 0.744. The van der Waals surface area contributed by atoms with E-state index in [0.717, 1.165) is 23.9 Å². The van der Waals surface area contributed by atoms with Crippen LogP contribution in [0.3, 0.4) is 0 Å². The number of hydrogen-bond acceptors (Lipinski definition) is 7. The highest BCUT2D eigenvalue weighted by atomic mass is 32.2. The second-order valence-corrected chi connectivity index (χ2v) is 4.70. The number of rotatable bonds is 5. The van der Waals surface area contributed by atoms with Crippen molar-refractivity contribution in [3.05, 3.63) is 38.4 Å². The average Bonchev–Trinajstić information content (AvgIpc) is 2.78. The molecule has 11 heteroatoms. The highest BCUT2D eigenvalue weighted by Crippen LogP contribution is 2.31. The molecule has 2 N–H and O–H groups in total. The number of H-pyrrole nitrogens is 1. The van der Waals surface area contributed by atoms with Gasteiger partial charge in [0.2, 0.25) is 0 Å². The molecule has 0 spiro atoms. The molecular formula is C10H9N5O5S. The number of aromatic carboxylic acids is 1. The van der Waals surface area contributed by atoms with E-state index in [4.69, 9.17) is 5.11 Å². The predicted molar refractivity (Wildman–Crippen MR) is 70.5 cm³/mol. The quantitative estimate of drug-likeness (QED) is 0.607. The van der Waals surface area contributed by atoms with Crippen LogP contribution in [0.4, 0.5) is 5.69 Å². The van der Waals surface area contributed by atoms with Gasteiger partial charge in [0.25, 0.3) is 0 Å². The van der Waals surface area contributed by atoms with E-state index >= 15 is 0 Å². The van der Waals surface area contributed by atoms with Crippen LogP contribution in [0, 0.1) is 10.1 Å². The van der Waals surface area contributed by atoms with E-state index in [9.17, 15) is 19.7 Å². The van der Waals surface area contributed by atoms with Crippen molar-refractivity contribution in [2.24, 2.45) is 0 Å². The maximum atomic E-state index is 11.4. The fourth-order valence-corrected chi connectivity index (χ4v) is 2.49. The molecule has 0 atom stereocenters. The van der Waals surface area contributed by atoms with E-state index in [0.29, 0.717) is 6.54 Å². The van der Waals surface area contributed by atoms with Crippen molar-refractivity contribution < 1.29 is 14.8 Å². The minimum Gasteiger partial charge on any atom is -0.477 e. The summed E-state index contributed by atoms with van der Waals surface area (Å²) in [5.74, 6) is -1.30. The molecule has 21 heavy (non-hydrogen) atoms. The van der Waals surface area contributed by atoms with E-state index in [2.05, 4.69) is 15.2 Å². The van der Waals surface area contributed by atoms with Crippen LogP contribution < -0.4 is 5.69 Å². The van der Waals surface area contributed by atoms with Crippen LogP contribution in [-0.4, -0.2) is 35.7 Å². The maximum absolute atomic E-state index is 11.4. The molecule has 0 bridgehead atoms. The van der Waals surface area contributed by atoms with Gasteiger partial charge in [-0.2, -0.15) is 0 Å². The van der Waals surface area contributed by atoms with Gasteiger partial charge < -0.3 is 5.11 Å². The Hall–Kier alpha value is -2.69. The second kappa shape index (κ2) is 5.75. The third-order valence-corrected chi connectivity index (χ3v) is 3.47. The summed E-state index contributed by atoms with van der Waals surface area (Å²) in [7, 11) is 0. The normalized spacial score (nSPS) is 10.5. The molecular weight excluding hydrogens is 302 g/mol. The Kier molecular flexibility index (Phi) is 4.03. The molecule has 0 saturated heterocycles. The Morgan fingerprint density at radius 3 is 2.86 bits per heavy atom. The first-order valence-electron chi connectivity index (χ1n) is 5.65. The van der Waals surface area contributed by atoms with E-state index in [1.165, 1.54) is 4.57 Å². The molecule has 0 aliphatic rings. The topological polar surface area (TPSA) is 144 Å². The van der Waals surface area contributed by atoms with Crippen molar-refractivity contribution in [1.82, 2.24) is 19.7 Å². The molecule has 2 heterocycles. The first kappa shape index (κ1) is 14.7. The van der Waals surface area contributed by atoms with Gasteiger partial charge in [0.1, 0.15) is 5.69 Å². The number of carboxylic acid groups (broad SMARTS) is 1. The van der Waals surface area contributed by atoms with Crippen molar-refractivity contribution in [3.8, 4) is 0 Å². The number of carboxylic acids is 1. The van der Waals surface area contributed by atoms with Gasteiger partial charge in [0, 0.05) is 12.6 Å². The fourth-order valence-electron chi connectivity index (χ4n) is 1.51. The summed E-state index contributed by atoms with van der Waals surface area (Å²) in [5.41, 5.74) is -1.15. The van der Waals surface area contributed by atoms with Gasteiger partial charge in [-0.3, -0.25) is 14.7 Å². The molecule has 10 nitrogen and oxygen atoms in total. The molecule has 110 valence electrons. The number of carbonyl (C=O) groups is 1.